The van der Waals surface area contributed by atoms with Crippen LogP contribution in [0.1, 0.15) is 17.4 Å². The summed E-state index contributed by atoms with van der Waals surface area (Å²) in [4.78, 5) is 36.9. The Bertz CT molecular complexity index is 568. The van der Waals surface area contributed by atoms with E-state index in [0.717, 1.165) is 0 Å². The number of amides is 4. The number of nitrogens with one attached hydrogen (secondary N) is 1. The SMILES string of the molecule is CC1C(=O)N(NC(=O)c2cc3n(n2)CCO3)C(=O)N1C. The summed E-state index contributed by atoms with van der Waals surface area (Å²) in [5, 5.41) is 4.74. The number of hydrazine groups is 1. The first-order valence-electron chi connectivity index (χ1n) is 6.11. The van der Waals surface area contributed by atoms with Crippen molar-refractivity contribution in [2.45, 2.75) is 19.5 Å². The number of imide groups is 1. The summed E-state index contributed by atoms with van der Waals surface area (Å²) in [6, 6.07) is 0.303. The van der Waals surface area contributed by atoms with E-state index < -0.39 is 23.9 Å². The first-order valence-corrected chi connectivity index (χ1v) is 6.11. The average molecular weight is 279 g/mol. The molecule has 0 saturated carbocycles. The third kappa shape index (κ3) is 1.70. The van der Waals surface area contributed by atoms with Gasteiger partial charge in [-0.05, 0) is 6.92 Å². The predicted molar refractivity (Wildman–Crippen MR) is 64.7 cm³/mol. The summed E-state index contributed by atoms with van der Waals surface area (Å²) in [6.07, 6.45) is 0. The van der Waals surface area contributed by atoms with Crippen molar-refractivity contribution in [3.63, 3.8) is 0 Å². The molecule has 0 radical (unpaired) electrons. The van der Waals surface area contributed by atoms with E-state index >= 15 is 0 Å². The standard InChI is InChI=1S/C11H13N5O4/c1-6-10(18)16(11(19)14(6)2)13-9(17)7-5-8-15(12-7)3-4-20-8/h5-6H,3-4H2,1-2H3,(H,13,17). The molecule has 0 aliphatic carbocycles. The molecule has 2 aliphatic rings. The maximum absolute atomic E-state index is 12.0. The lowest BCUT2D eigenvalue weighted by Gasteiger charge is -2.13. The van der Waals surface area contributed by atoms with Crippen LogP contribution in [0.2, 0.25) is 0 Å². The molecular weight excluding hydrogens is 266 g/mol. The van der Waals surface area contributed by atoms with E-state index in [0.29, 0.717) is 24.0 Å². The Morgan fingerprint density at radius 2 is 2.25 bits per heavy atom. The van der Waals surface area contributed by atoms with E-state index in [-0.39, 0.29) is 5.69 Å². The Morgan fingerprint density at radius 1 is 1.50 bits per heavy atom. The lowest BCUT2D eigenvalue weighted by molar-refractivity contribution is -0.129. The van der Waals surface area contributed by atoms with Gasteiger partial charge in [0.2, 0.25) is 5.88 Å². The van der Waals surface area contributed by atoms with Crippen molar-refractivity contribution in [2.24, 2.45) is 0 Å². The van der Waals surface area contributed by atoms with Crippen LogP contribution in [0.4, 0.5) is 4.79 Å². The molecule has 3 rings (SSSR count). The van der Waals surface area contributed by atoms with E-state index in [1.54, 1.807) is 11.6 Å². The molecule has 0 bridgehead atoms. The monoisotopic (exact) mass is 279 g/mol. The minimum Gasteiger partial charge on any atom is -0.476 e. The molecule has 4 amide bonds. The number of fused-ring (bicyclic) bond motifs is 1. The van der Waals surface area contributed by atoms with Gasteiger partial charge in [-0.3, -0.25) is 15.0 Å². The fraction of sp³-hybridized carbons (Fsp3) is 0.455. The smallest absolute Gasteiger partial charge is 0.346 e. The fourth-order valence-corrected chi connectivity index (χ4v) is 2.06. The van der Waals surface area contributed by atoms with Gasteiger partial charge in [0.25, 0.3) is 11.8 Å². The zero-order chi connectivity index (χ0) is 14.4. The summed E-state index contributed by atoms with van der Waals surface area (Å²) in [5.41, 5.74) is 2.37. The molecule has 1 unspecified atom stereocenters. The Kier molecular flexibility index (Phi) is 2.63. The van der Waals surface area contributed by atoms with Gasteiger partial charge >= 0.3 is 6.03 Å². The van der Waals surface area contributed by atoms with Crippen LogP contribution in [0.5, 0.6) is 5.88 Å². The van der Waals surface area contributed by atoms with Gasteiger partial charge in [0.1, 0.15) is 12.6 Å². The predicted octanol–water partition coefficient (Wildman–Crippen LogP) is -0.797. The molecule has 1 aromatic heterocycles. The van der Waals surface area contributed by atoms with Crippen LogP contribution in [0.15, 0.2) is 6.07 Å². The van der Waals surface area contributed by atoms with Gasteiger partial charge in [0, 0.05) is 13.1 Å². The molecule has 1 N–H and O–H groups in total. The highest BCUT2D eigenvalue weighted by Gasteiger charge is 2.41. The van der Waals surface area contributed by atoms with Gasteiger partial charge in [0.15, 0.2) is 5.69 Å². The molecule has 1 fully saturated rings. The zero-order valence-electron chi connectivity index (χ0n) is 11.0. The average Bonchev–Trinajstić information content (AvgIpc) is 3.05. The number of ether oxygens (including phenoxy) is 1. The van der Waals surface area contributed by atoms with Gasteiger partial charge in [-0.15, -0.1) is 0 Å². The largest absolute Gasteiger partial charge is 0.476 e. The Balaban J connectivity index is 1.76. The molecule has 0 spiro atoms. The molecule has 106 valence electrons. The molecule has 9 heteroatoms. The lowest BCUT2D eigenvalue weighted by Crippen LogP contribution is -2.46. The molecule has 1 saturated heterocycles. The first-order chi connectivity index (χ1) is 9.49. The van der Waals surface area contributed by atoms with Gasteiger partial charge in [-0.25, -0.2) is 9.48 Å². The summed E-state index contributed by atoms with van der Waals surface area (Å²) in [7, 11) is 1.50. The van der Waals surface area contributed by atoms with Gasteiger partial charge in [-0.2, -0.15) is 10.1 Å². The second kappa shape index (κ2) is 4.22. The molecule has 3 heterocycles. The Morgan fingerprint density at radius 3 is 2.85 bits per heavy atom. The van der Waals surface area contributed by atoms with Crippen molar-refractivity contribution in [3.05, 3.63) is 11.8 Å². The number of urea groups is 1. The minimum absolute atomic E-state index is 0.0995. The van der Waals surface area contributed by atoms with Crippen LogP contribution in [0, 0.1) is 0 Å². The summed E-state index contributed by atoms with van der Waals surface area (Å²) < 4.78 is 6.79. The van der Waals surface area contributed by atoms with Crippen LogP contribution >= 0.6 is 0 Å². The number of hydrogen-bond donors (Lipinski definition) is 1. The van der Waals surface area contributed by atoms with Crippen molar-refractivity contribution in [1.82, 2.24) is 25.1 Å². The van der Waals surface area contributed by atoms with Crippen molar-refractivity contribution in [1.29, 1.82) is 0 Å². The van der Waals surface area contributed by atoms with E-state index in [1.807, 2.05) is 0 Å². The highest BCUT2D eigenvalue weighted by Crippen LogP contribution is 2.19. The van der Waals surface area contributed by atoms with Crippen molar-refractivity contribution >= 4 is 17.8 Å². The van der Waals surface area contributed by atoms with Gasteiger partial charge in [-0.1, -0.05) is 0 Å². The van der Waals surface area contributed by atoms with E-state index in [1.165, 1.54) is 18.0 Å². The normalized spacial score (nSPS) is 21.2. The molecule has 20 heavy (non-hydrogen) atoms. The van der Waals surface area contributed by atoms with Crippen molar-refractivity contribution < 1.29 is 19.1 Å². The van der Waals surface area contributed by atoms with Crippen LogP contribution in [-0.2, 0) is 11.3 Å². The highest BCUT2D eigenvalue weighted by atomic mass is 16.5. The zero-order valence-corrected chi connectivity index (χ0v) is 11.0. The number of aromatic nitrogens is 2. The van der Waals surface area contributed by atoms with Gasteiger partial charge in [0.05, 0.1) is 6.54 Å². The maximum atomic E-state index is 12.0. The van der Waals surface area contributed by atoms with Crippen molar-refractivity contribution in [3.8, 4) is 5.88 Å². The number of nitrogens with zero attached hydrogens (tertiary/aromatic N) is 4. The third-order valence-electron chi connectivity index (χ3n) is 3.39. The third-order valence-corrected chi connectivity index (χ3v) is 3.39. The van der Waals surface area contributed by atoms with Gasteiger partial charge < -0.3 is 9.64 Å². The molecule has 2 aliphatic heterocycles. The topological polar surface area (TPSA) is 96.8 Å². The van der Waals surface area contributed by atoms with Crippen LogP contribution < -0.4 is 10.2 Å². The summed E-state index contributed by atoms with van der Waals surface area (Å²) >= 11 is 0. The number of hydrogen-bond acceptors (Lipinski definition) is 5. The fourth-order valence-electron chi connectivity index (χ4n) is 2.06. The summed E-state index contributed by atoms with van der Waals surface area (Å²) in [5.74, 6) is -0.603. The maximum Gasteiger partial charge on any atom is 0.346 e. The van der Waals surface area contributed by atoms with Crippen LogP contribution in [0.3, 0.4) is 0 Å². The van der Waals surface area contributed by atoms with E-state index in [4.69, 9.17) is 4.74 Å². The minimum atomic E-state index is -0.625. The quantitative estimate of drug-likeness (QED) is 0.715. The Hall–Kier alpha value is -2.58. The number of carbonyl (C=O) groups is 3. The Labute approximate surface area is 114 Å². The van der Waals surface area contributed by atoms with E-state index in [2.05, 4.69) is 10.5 Å². The highest BCUT2D eigenvalue weighted by molar-refractivity contribution is 6.06. The number of rotatable bonds is 2. The number of likely N-dealkylation sites (N-methyl/N-ethyl adjacent to an activating group) is 1. The molecule has 9 nitrogen and oxygen atoms in total. The van der Waals surface area contributed by atoms with Crippen LogP contribution in [-0.4, -0.2) is 57.2 Å². The van der Waals surface area contributed by atoms with E-state index in [9.17, 15) is 14.4 Å². The molecular formula is C11H13N5O4. The lowest BCUT2D eigenvalue weighted by atomic mass is 10.3. The van der Waals surface area contributed by atoms with Crippen molar-refractivity contribution in [2.75, 3.05) is 13.7 Å². The summed E-state index contributed by atoms with van der Waals surface area (Å²) in [6.45, 7) is 2.69. The second-order valence-electron chi connectivity index (χ2n) is 4.62. The first kappa shape index (κ1) is 12.5. The second-order valence-corrected chi connectivity index (χ2v) is 4.62. The molecule has 1 atom stereocenters. The molecule has 0 aromatic carbocycles. The number of carbonyl (C=O) groups excluding carboxylic acids is 3. The molecule has 1 aromatic rings. The van der Waals surface area contributed by atoms with Crippen LogP contribution in [0.25, 0.3) is 0 Å².